The zero-order valence-corrected chi connectivity index (χ0v) is 12.2. The summed E-state index contributed by atoms with van der Waals surface area (Å²) in [5, 5.41) is 21.6. The summed E-state index contributed by atoms with van der Waals surface area (Å²) in [7, 11) is 0. The number of hydrogen-bond acceptors (Lipinski definition) is 3. The SMILES string of the molecule is O=C(O)C1C2CCC(C2)C1NC(=O)N1CCCC(CO)C1. The van der Waals surface area contributed by atoms with Gasteiger partial charge in [0.1, 0.15) is 0 Å². The molecule has 2 saturated carbocycles. The topological polar surface area (TPSA) is 89.9 Å². The number of carboxylic acids is 1. The van der Waals surface area contributed by atoms with Crippen molar-refractivity contribution < 1.29 is 19.8 Å². The van der Waals surface area contributed by atoms with Gasteiger partial charge in [-0.25, -0.2) is 4.79 Å². The summed E-state index contributed by atoms with van der Waals surface area (Å²) < 4.78 is 0. The van der Waals surface area contributed by atoms with Gasteiger partial charge in [0.05, 0.1) is 5.92 Å². The van der Waals surface area contributed by atoms with Crippen molar-refractivity contribution in [1.82, 2.24) is 10.2 Å². The number of fused-ring (bicyclic) bond motifs is 2. The second-order valence-electron chi connectivity index (χ2n) is 6.81. The number of piperidine rings is 1. The third-order valence-corrected chi connectivity index (χ3v) is 5.56. The second kappa shape index (κ2) is 5.83. The van der Waals surface area contributed by atoms with Gasteiger partial charge in [0, 0.05) is 25.7 Å². The average Bonchev–Trinajstić information content (AvgIpc) is 3.08. The zero-order valence-electron chi connectivity index (χ0n) is 12.2. The zero-order chi connectivity index (χ0) is 15.0. The molecule has 2 bridgehead atoms. The molecule has 3 rings (SSSR count). The fourth-order valence-electron chi connectivity index (χ4n) is 4.49. The number of aliphatic hydroxyl groups is 1. The van der Waals surface area contributed by atoms with Gasteiger partial charge < -0.3 is 20.4 Å². The average molecular weight is 296 g/mol. The highest BCUT2D eigenvalue weighted by Crippen LogP contribution is 2.48. The van der Waals surface area contributed by atoms with Crippen molar-refractivity contribution in [3.05, 3.63) is 0 Å². The lowest BCUT2D eigenvalue weighted by Gasteiger charge is -2.35. The molecule has 0 aromatic carbocycles. The molecular weight excluding hydrogens is 272 g/mol. The summed E-state index contributed by atoms with van der Waals surface area (Å²) in [6, 6.07) is -0.375. The number of nitrogens with zero attached hydrogens (tertiary/aromatic N) is 1. The van der Waals surface area contributed by atoms with Crippen molar-refractivity contribution in [2.75, 3.05) is 19.7 Å². The molecule has 0 spiro atoms. The third kappa shape index (κ3) is 2.73. The first-order chi connectivity index (χ1) is 10.1. The smallest absolute Gasteiger partial charge is 0.317 e. The van der Waals surface area contributed by atoms with Crippen molar-refractivity contribution in [2.24, 2.45) is 23.7 Å². The number of amides is 2. The van der Waals surface area contributed by atoms with Crippen LogP contribution in [0.1, 0.15) is 32.1 Å². The highest BCUT2D eigenvalue weighted by molar-refractivity contribution is 5.77. The predicted molar refractivity (Wildman–Crippen MR) is 75.7 cm³/mol. The lowest BCUT2D eigenvalue weighted by Crippen LogP contribution is -2.53. The van der Waals surface area contributed by atoms with E-state index in [0.29, 0.717) is 19.0 Å². The molecule has 0 radical (unpaired) electrons. The Labute approximate surface area is 124 Å². The fraction of sp³-hybridized carbons (Fsp3) is 0.867. The Bertz CT molecular complexity index is 428. The standard InChI is InChI=1S/C15H24N2O4/c18-8-9-2-1-5-17(7-9)15(21)16-13-11-4-3-10(6-11)12(13)14(19)20/h9-13,18H,1-8H2,(H,16,21)(H,19,20). The number of carbonyl (C=O) groups excluding carboxylic acids is 1. The molecule has 5 atom stereocenters. The molecule has 6 heteroatoms. The first-order valence-corrected chi connectivity index (χ1v) is 7.99. The molecule has 2 amide bonds. The van der Waals surface area contributed by atoms with E-state index in [2.05, 4.69) is 5.32 Å². The second-order valence-corrected chi connectivity index (χ2v) is 6.81. The van der Waals surface area contributed by atoms with Gasteiger partial charge in [-0.1, -0.05) is 0 Å². The van der Waals surface area contributed by atoms with Gasteiger partial charge in [-0.2, -0.15) is 0 Å². The maximum absolute atomic E-state index is 12.4. The molecule has 6 nitrogen and oxygen atoms in total. The molecule has 5 unspecified atom stereocenters. The van der Waals surface area contributed by atoms with Gasteiger partial charge in [-0.3, -0.25) is 4.79 Å². The summed E-state index contributed by atoms with van der Waals surface area (Å²) in [5.74, 6) is -0.506. The van der Waals surface area contributed by atoms with E-state index < -0.39 is 11.9 Å². The molecule has 3 aliphatic rings. The monoisotopic (exact) mass is 296 g/mol. The minimum absolute atomic E-state index is 0.107. The number of rotatable bonds is 3. The van der Waals surface area contributed by atoms with Crippen LogP contribution in [0, 0.1) is 23.7 Å². The van der Waals surface area contributed by atoms with Gasteiger partial charge in [0.25, 0.3) is 0 Å². The minimum atomic E-state index is -0.778. The Kier molecular flexibility index (Phi) is 4.06. The van der Waals surface area contributed by atoms with Gasteiger partial charge >= 0.3 is 12.0 Å². The van der Waals surface area contributed by atoms with Crippen LogP contribution >= 0.6 is 0 Å². The van der Waals surface area contributed by atoms with E-state index in [4.69, 9.17) is 0 Å². The van der Waals surface area contributed by atoms with Crippen molar-refractivity contribution >= 4 is 12.0 Å². The van der Waals surface area contributed by atoms with Crippen LogP contribution in [0.5, 0.6) is 0 Å². The van der Waals surface area contributed by atoms with E-state index in [1.54, 1.807) is 4.90 Å². The first-order valence-electron chi connectivity index (χ1n) is 7.99. The number of aliphatic hydroxyl groups excluding tert-OH is 1. The van der Waals surface area contributed by atoms with Gasteiger partial charge in [-0.05, 0) is 49.9 Å². The lowest BCUT2D eigenvalue weighted by atomic mass is 9.84. The highest BCUT2D eigenvalue weighted by atomic mass is 16.4. The molecule has 1 aliphatic heterocycles. The Morgan fingerprint density at radius 1 is 1.19 bits per heavy atom. The van der Waals surface area contributed by atoms with Crippen LogP contribution in [-0.2, 0) is 4.79 Å². The van der Waals surface area contributed by atoms with Crippen molar-refractivity contribution in [1.29, 1.82) is 0 Å². The summed E-state index contributed by atoms with van der Waals surface area (Å²) in [4.78, 5) is 25.6. The minimum Gasteiger partial charge on any atom is -0.481 e. The molecule has 0 aromatic rings. The Morgan fingerprint density at radius 3 is 2.67 bits per heavy atom. The van der Waals surface area contributed by atoms with Gasteiger partial charge in [-0.15, -0.1) is 0 Å². The number of carbonyl (C=O) groups is 2. The fourth-order valence-corrected chi connectivity index (χ4v) is 4.49. The van der Waals surface area contributed by atoms with E-state index in [0.717, 1.165) is 32.1 Å². The molecule has 21 heavy (non-hydrogen) atoms. The van der Waals surface area contributed by atoms with Crippen LogP contribution < -0.4 is 5.32 Å². The van der Waals surface area contributed by atoms with Crippen molar-refractivity contribution in [2.45, 2.75) is 38.1 Å². The molecule has 1 heterocycles. The van der Waals surface area contributed by atoms with Crippen LogP contribution in [0.15, 0.2) is 0 Å². The first kappa shape index (κ1) is 14.6. The van der Waals surface area contributed by atoms with Crippen molar-refractivity contribution in [3.63, 3.8) is 0 Å². The Balaban J connectivity index is 1.62. The van der Waals surface area contributed by atoms with E-state index in [9.17, 15) is 19.8 Å². The number of nitrogens with one attached hydrogen (secondary N) is 1. The van der Waals surface area contributed by atoms with Crippen LogP contribution in [0.25, 0.3) is 0 Å². The molecule has 3 N–H and O–H groups in total. The van der Waals surface area contributed by atoms with E-state index in [1.165, 1.54) is 0 Å². The maximum Gasteiger partial charge on any atom is 0.317 e. The summed E-state index contributed by atoms with van der Waals surface area (Å²) in [6.07, 6.45) is 4.79. The number of aliphatic carboxylic acids is 1. The third-order valence-electron chi connectivity index (χ3n) is 5.56. The van der Waals surface area contributed by atoms with Crippen LogP contribution in [0.3, 0.4) is 0 Å². The molecule has 3 fully saturated rings. The number of urea groups is 1. The van der Waals surface area contributed by atoms with E-state index in [1.807, 2.05) is 0 Å². The molecular formula is C15H24N2O4. The largest absolute Gasteiger partial charge is 0.481 e. The number of hydrogen-bond donors (Lipinski definition) is 3. The predicted octanol–water partition coefficient (Wildman–Crippen LogP) is 0.900. The van der Waals surface area contributed by atoms with E-state index in [-0.39, 0.29) is 30.5 Å². The summed E-state index contributed by atoms with van der Waals surface area (Å²) >= 11 is 0. The highest BCUT2D eigenvalue weighted by Gasteiger charge is 2.51. The van der Waals surface area contributed by atoms with Gasteiger partial charge in [0.15, 0.2) is 0 Å². The maximum atomic E-state index is 12.4. The lowest BCUT2D eigenvalue weighted by molar-refractivity contribution is -0.144. The van der Waals surface area contributed by atoms with E-state index >= 15 is 0 Å². The number of carboxylic acid groups (broad SMARTS) is 1. The normalized spacial score (nSPS) is 38.5. The van der Waals surface area contributed by atoms with Crippen LogP contribution in [0.2, 0.25) is 0 Å². The molecule has 0 aromatic heterocycles. The van der Waals surface area contributed by atoms with Gasteiger partial charge in [0.2, 0.25) is 0 Å². The Morgan fingerprint density at radius 2 is 1.95 bits per heavy atom. The van der Waals surface area contributed by atoms with Crippen molar-refractivity contribution in [3.8, 4) is 0 Å². The number of likely N-dealkylation sites (tertiary alicyclic amines) is 1. The molecule has 1 saturated heterocycles. The molecule has 2 aliphatic carbocycles. The van der Waals surface area contributed by atoms with Crippen LogP contribution in [-0.4, -0.2) is 52.9 Å². The summed E-state index contributed by atoms with van der Waals surface area (Å²) in [5.41, 5.74) is 0. The quantitative estimate of drug-likeness (QED) is 0.722. The molecule has 118 valence electrons. The Hall–Kier alpha value is -1.30. The van der Waals surface area contributed by atoms with Crippen LogP contribution in [0.4, 0.5) is 4.79 Å². The summed E-state index contributed by atoms with van der Waals surface area (Å²) in [6.45, 7) is 1.37.